The molecule has 120 valence electrons. The molecule has 2 aliphatic rings. The normalized spacial score (nSPS) is 18.0. The Bertz CT molecular complexity index is 547. The second-order valence-corrected chi connectivity index (χ2v) is 5.60. The van der Waals surface area contributed by atoms with Gasteiger partial charge < -0.3 is 19.5 Å². The van der Waals surface area contributed by atoms with Gasteiger partial charge in [-0.15, -0.1) is 0 Å². The Balaban J connectivity index is 1.56. The minimum Gasteiger partial charge on any atom is -0.486 e. The zero-order valence-corrected chi connectivity index (χ0v) is 13.0. The van der Waals surface area contributed by atoms with E-state index in [-0.39, 0.29) is 5.91 Å². The summed E-state index contributed by atoms with van der Waals surface area (Å²) in [7, 11) is 0. The van der Waals surface area contributed by atoms with Crippen LogP contribution in [0.3, 0.4) is 0 Å². The highest BCUT2D eigenvalue weighted by Gasteiger charge is 2.19. The average molecular weight is 327 g/mol. The lowest BCUT2D eigenvalue weighted by Crippen LogP contribution is -2.41. The summed E-state index contributed by atoms with van der Waals surface area (Å²) in [6, 6.07) is 3.28. The summed E-state index contributed by atoms with van der Waals surface area (Å²) in [5, 5.41) is 3.30. The number of nitrogens with zero attached hydrogens (tertiary/aromatic N) is 1. The Labute approximate surface area is 134 Å². The highest BCUT2D eigenvalue weighted by Crippen LogP contribution is 2.38. The third-order valence-electron chi connectivity index (χ3n) is 3.68. The number of amides is 1. The first-order valence-corrected chi connectivity index (χ1v) is 7.79. The number of halogens is 1. The highest BCUT2D eigenvalue weighted by molar-refractivity contribution is 6.32. The summed E-state index contributed by atoms with van der Waals surface area (Å²) in [4.78, 5) is 14.5. The number of morpholine rings is 1. The summed E-state index contributed by atoms with van der Waals surface area (Å²) < 4.78 is 16.2. The van der Waals surface area contributed by atoms with Gasteiger partial charge >= 0.3 is 0 Å². The molecule has 0 saturated carbocycles. The number of nitrogens with one attached hydrogen (secondary N) is 1. The summed E-state index contributed by atoms with van der Waals surface area (Å²) in [6.45, 7) is 5.66. The van der Waals surface area contributed by atoms with E-state index >= 15 is 0 Å². The van der Waals surface area contributed by atoms with Crippen molar-refractivity contribution in [2.45, 2.75) is 0 Å². The lowest BCUT2D eigenvalue weighted by atomic mass is 10.1. The van der Waals surface area contributed by atoms with Crippen molar-refractivity contribution in [3.63, 3.8) is 0 Å². The number of carbonyl (C=O) groups excluding carboxylic acids is 1. The van der Waals surface area contributed by atoms with E-state index in [2.05, 4.69) is 10.2 Å². The predicted molar refractivity (Wildman–Crippen MR) is 82.0 cm³/mol. The molecule has 1 fully saturated rings. The van der Waals surface area contributed by atoms with Crippen molar-refractivity contribution in [1.29, 1.82) is 0 Å². The largest absolute Gasteiger partial charge is 0.486 e. The minimum absolute atomic E-state index is 0.160. The van der Waals surface area contributed by atoms with Gasteiger partial charge in [0.05, 0.1) is 18.2 Å². The summed E-state index contributed by atoms with van der Waals surface area (Å²) in [5.74, 6) is 0.877. The van der Waals surface area contributed by atoms with Crippen LogP contribution >= 0.6 is 11.6 Å². The van der Waals surface area contributed by atoms with E-state index in [0.717, 1.165) is 32.8 Å². The van der Waals surface area contributed by atoms with Gasteiger partial charge in [-0.05, 0) is 12.1 Å². The van der Waals surface area contributed by atoms with Crippen molar-refractivity contribution >= 4 is 17.5 Å². The smallest absolute Gasteiger partial charge is 0.251 e. The van der Waals surface area contributed by atoms with Crippen LogP contribution in [-0.2, 0) is 4.74 Å². The molecule has 6 nitrogen and oxygen atoms in total. The lowest BCUT2D eigenvalue weighted by molar-refractivity contribution is 0.0383. The van der Waals surface area contributed by atoms with Crippen LogP contribution < -0.4 is 14.8 Å². The molecule has 0 aliphatic carbocycles. The molecule has 0 atom stereocenters. The van der Waals surface area contributed by atoms with Crippen molar-refractivity contribution in [3.8, 4) is 11.5 Å². The maximum Gasteiger partial charge on any atom is 0.251 e. The zero-order valence-electron chi connectivity index (χ0n) is 12.3. The molecule has 1 aromatic carbocycles. The van der Waals surface area contributed by atoms with Gasteiger partial charge in [0.2, 0.25) is 0 Å². The van der Waals surface area contributed by atoms with Crippen LogP contribution in [0.5, 0.6) is 11.5 Å². The Morgan fingerprint density at radius 3 is 2.77 bits per heavy atom. The maximum absolute atomic E-state index is 12.2. The van der Waals surface area contributed by atoms with Crippen molar-refractivity contribution in [2.75, 3.05) is 52.6 Å². The van der Waals surface area contributed by atoms with Crippen LogP contribution in [-0.4, -0.2) is 63.4 Å². The fourth-order valence-electron chi connectivity index (χ4n) is 2.50. The van der Waals surface area contributed by atoms with Crippen LogP contribution in [0.1, 0.15) is 10.4 Å². The Morgan fingerprint density at radius 2 is 1.95 bits per heavy atom. The molecule has 0 spiro atoms. The van der Waals surface area contributed by atoms with Crippen LogP contribution in [0.25, 0.3) is 0 Å². The SMILES string of the molecule is O=C(NCCN1CCOCC1)c1cc(Cl)c2c(c1)OCCO2. The van der Waals surface area contributed by atoms with Crippen molar-refractivity contribution in [2.24, 2.45) is 0 Å². The number of hydrogen-bond donors (Lipinski definition) is 1. The zero-order chi connectivity index (χ0) is 15.4. The first kappa shape index (κ1) is 15.4. The molecule has 22 heavy (non-hydrogen) atoms. The standard InChI is InChI=1S/C15H19ClN2O4/c16-12-9-11(10-13-14(12)22-8-7-21-13)15(19)17-1-2-18-3-5-20-6-4-18/h9-10H,1-8H2,(H,17,19). The van der Waals surface area contributed by atoms with Crippen LogP contribution in [0.15, 0.2) is 12.1 Å². The van der Waals surface area contributed by atoms with Gasteiger partial charge in [-0.1, -0.05) is 11.6 Å². The number of ether oxygens (including phenoxy) is 3. The van der Waals surface area contributed by atoms with Gasteiger partial charge in [0.15, 0.2) is 11.5 Å². The van der Waals surface area contributed by atoms with Crippen LogP contribution in [0.4, 0.5) is 0 Å². The first-order valence-electron chi connectivity index (χ1n) is 7.41. The topological polar surface area (TPSA) is 60.0 Å². The molecule has 2 aliphatic heterocycles. The fourth-order valence-corrected chi connectivity index (χ4v) is 2.76. The molecule has 0 aromatic heterocycles. The fraction of sp³-hybridized carbons (Fsp3) is 0.533. The number of hydrogen-bond acceptors (Lipinski definition) is 5. The van der Waals surface area contributed by atoms with E-state index in [0.29, 0.717) is 41.8 Å². The summed E-state index contributed by atoms with van der Waals surface area (Å²) in [5.41, 5.74) is 0.483. The van der Waals surface area contributed by atoms with Gasteiger partial charge in [0, 0.05) is 31.7 Å². The van der Waals surface area contributed by atoms with E-state index in [1.54, 1.807) is 12.1 Å². The maximum atomic E-state index is 12.2. The van der Waals surface area contributed by atoms with E-state index in [1.165, 1.54) is 0 Å². The van der Waals surface area contributed by atoms with E-state index in [4.69, 9.17) is 25.8 Å². The lowest BCUT2D eigenvalue weighted by Gasteiger charge is -2.26. The molecule has 1 amide bonds. The van der Waals surface area contributed by atoms with Crippen LogP contribution in [0.2, 0.25) is 5.02 Å². The summed E-state index contributed by atoms with van der Waals surface area (Å²) >= 11 is 6.14. The molecule has 7 heteroatoms. The van der Waals surface area contributed by atoms with Gasteiger partial charge in [-0.25, -0.2) is 0 Å². The molecule has 1 aromatic rings. The molecule has 0 unspecified atom stereocenters. The highest BCUT2D eigenvalue weighted by atomic mass is 35.5. The minimum atomic E-state index is -0.160. The number of rotatable bonds is 4. The van der Waals surface area contributed by atoms with E-state index < -0.39 is 0 Å². The van der Waals surface area contributed by atoms with Gasteiger partial charge in [0.25, 0.3) is 5.91 Å². The number of benzene rings is 1. The number of fused-ring (bicyclic) bond motifs is 1. The van der Waals surface area contributed by atoms with Crippen LogP contribution in [0, 0.1) is 0 Å². The Kier molecular flexibility index (Phi) is 5.02. The predicted octanol–water partition coefficient (Wildman–Crippen LogP) is 1.17. The molecule has 1 saturated heterocycles. The van der Waals surface area contributed by atoms with Gasteiger partial charge in [-0.3, -0.25) is 9.69 Å². The molecular formula is C15H19ClN2O4. The molecule has 0 bridgehead atoms. The quantitative estimate of drug-likeness (QED) is 0.900. The third-order valence-corrected chi connectivity index (χ3v) is 3.96. The molecule has 0 radical (unpaired) electrons. The molecule has 1 N–H and O–H groups in total. The average Bonchev–Trinajstić information content (AvgIpc) is 2.56. The van der Waals surface area contributed by atoms with Crippen molar-refractivity contribution in [3.05, 3.63) is 22.7 Å². The van der Waals surface area contributed by atoms with E-state index in [9.17, 15) is 4.79 Å². The van der Waals surface area contributed by atoms with Crippen molar-refractivity contribution in [1.82, 2.24) is 10.2 Å². The second-order valence-electron chi connectivity index (χ2n) is 5.19. The van der Waals surface area contributed by atoms with Crippen molar-refractivity contribution < 1.29 is 19.0 Å². The Hall–Kier alpha value is -1.50. The van der Waals surface area contributed by atoms with E-state index in [1.807, 2.05) is 0 Å². The van der Waals surface area contributed by atoms with Gasteiger partial charge in [-0.2, -0.15) is 0 Å². The first-order chi connectivity index (χ1) is 10.7. The monoisotopic (exact) mass is 326 g/mol. The summed E-state index contributed by atoms with van der Waals surface area (Å²) in [6.07, 6.45) is 0. The van der Waals surface area contributed by atoms with Gasteiger partial charge in [0.1, 0.15) is 13.2 Å². The molecule has 3 rings (SSSR count). The Morgan fingerprint density at radius 1 is 1.18 bits per heavy atom. The molecule has 2 heterocycles. The second kappa shape index (κ2) is 7.17. The number of carbonyl (C=O) groups is 1. The molecular weight excluding hydrogens is 308 g/mol. The third kappa shape index (κ3) is 3.63.